The molecule has 0 radical (unpaired) electrons. The molecule has 6 heteroatoms. The molecule has 2 aliphatic rings. The van der Waals surface area contributed by atoms with Gasteiger partial charge in [0, 0.05) is 24.1 Å². The lowest BCUT2D eigenvalue weighted by Gasteiger charge is -2.22. The third kappa shape index (κ3) is 2.82. The highest BCUT2D eigenvalue weighted by Crippen LogP contribution is 2.28. The van der Waals surface area contributed by atoms with Gasteiger partial charge >= 0.3 is 0 Å². The second-order valence-corrected chi connectivity index (χ2v) is 7.15. The summed E-state index contributed by atoms with van der Waals surface area (Å²) in [6, 6.07) is 12.3. The number of aromatic nitrogens is 1. The van der Waals surface area contributed by atoms with E-state index in [4.69, 9.17) is 5.41 Å². The Bertz CT molecular complexity index is 998. The summed E-state index contributed by atoms with van der Waals surface area (Å²) in [5, 5.41) is 10.7. The number of fused-ring (bicyclic) bond motifs is 1. The predicted octanol–water partition coefficient (Wildman–Crippen LogP) is 3.93. The fraction of sp³-hybridized carbons (Fsp3) is 0.150. The second-order valence-electron chi connectivity index (χ2n) is 6.28. The van der Waals surface area contributed by atoms with Crippen LogP contribution < -0.4 is 0 Å². The van der Waals surface area contributed by atoms with Gasteiger partial charge in [-0.3, -0.25) is 15.1 Å². The third-order valence-electron chi connectivity index (χ3n) is 4.61. The van der Waals surface area contributed by atoms with Crippen LogP contribution in [-0.2, 0) is 11.3 Å². The van der Waals surface area contributed by atoms with Crippen molar-refractivity contribution in [1.29, 1.82) is 5.41 Å². The van der Waals surface area contributed by atoms with Crippen molar-refractivity contribution in [3.05, 3.63) is 76.1 Å². The summed E-state index contributed by atoms with van der Waals surface area (Å²) in [5.74, 6) is -0.181. The number of carbonyl (C=O) groups is 1. The van der Waals surface area contributed by atoms with Gasteiger partial charge in [-0.1, -0.05) is 42.1 Å². The van der Waals surface area contributed by atoms with E-state index in [0.29, 0.717) is 10.7 Å². The lowest BCUT2D eigenvalue weighted by atomic mass is 10.1. The minimum atomic E-state index is -0.356. The number of thioether (sulfide) groups is 1. The van der Waals surface area contributed by atoms with E-state index in [0.717, 1.165) is 23.5 Å². The average Bonchev–Trinajstić information content (AvgIpc) is 3.19. The standard InChI is InChI=1S/C20H18N4OS/c1-13-10-16(14(2)24(13)12-15-6-4-3-5-7-15)11-17-18(21)23-8-9-26-20(23)22-19(17)25/h3-11,21H,12H2,1-2H3/b17-11-,21-18?. The van der Waals surface area contributed by atoms with Crippen LogP contribution in [0.4, 0.5) is 0 Å². The Labute approximate surface area is 156 Å². The van der Waals surface area contributed by atoms with E-state index >= 15 is 0 Å². The van der Waals surface area contributed by atoms with Gasteiger partial charge in [0.15, 0.2) is 5.17 Å². The summed E-state index contributed by atoms with van der Waals surface area (Å²) in [7, 11) is 0. The van der Waals surface area contributed by atoms with E-state index in [1.165, 1.54) is 17.3 Å². The molecule has 0 aliphatic carbocycles. The molecule has 0 saturated carbocycles. The fourth-order valence-electron chi connectivity index (χ4n) is 3.17. The van der Waals surface area contributed by atoms with E-state index in [1.807, 2.05) is 30.5 Å². The quantitative estimate of drug-likeness (QED) is 0.842. The first-order chi connectivity index (χ1) is 12.5. The first-order valence-corrected chi connectivity index (χ1v) is 9.19. The Morgan fingerprint density at radius 1 is 1.23 bits per heavy atom. The zero-order chi connectivity index (χ0) is 18.3. The highest BCUT2D eigenvalue weighted by molar-refractivity contribution is 8.16. The van der Waals surface area contributed by atoms with Crippen LogP contribution in [0.2, 0.25) is 0 Å². The maximum atomic E-state index is 12.4. The molecule has 1 amide bonds. The number of nitrogens with zero attached hydrogens (tertiary/aromatic N) is 3. The monoisotopic (exact) mass is 362 g/mol. The summed E-state index contributed by atoms with van der Waals surface area (Å²) in [6.07, 6.45) is 3.55. The van der Waals surface area contributed by atoms with Gasteiger partial charge in [0.1, 0.15) is 5.84 Å². The van der Waals surface area contributed by atoms with Crippen LogP contribution in [0, 0.1) is 19.3 Å². The van der Waals surface area contributed by atoms with Gasteiger partial charge in [-0.15, -0.1) is 0 Å². The Balaban J connectivity index is 1.70. The number of amidine groups is 2. The summed E-state index contributed by atoms with van der Waals surface area (Å²) < 4.78 is 2.22. The van der Waals surface area contributed by atoms with Gasteiger partial charge in [-0.25, -0.2) is 0 Å². The third-order valence-corrected chi connectivity index (χ3v) is 5.37. The Hall–Kier alpha value is -2.86. The van der Waals surface area contributed by atoms with Crippen molar-refractivity contribution >= 4 is 34.7 Å². The maximum absolute atomic E-state index is 12.4. The van der Waals surface area contributed by atoms with Gasteiger partial charge in [-0.05, 0) is 42.5 Å². The number of rotatable bonds is 3. The van der Waals surface area contributed by atoms with Crippen LogP contribution in [0.15, 0.2) is 58.6 Å². The molecule has 3 heterocycles. The number of benzene rings is 1. The molecule has 2 aliphatic heterocycles. The minimum absolute atomic E-state index is 0.175. The molecule has 0 spiro atoms. The predicted molar refractivity (Wildman–Crippen MR) is 106 cm³/mol. The number of nitrogens with one attached hydrogen (secondary N) is 1. The van der Waals surface area contributed by atoms with Crippen LogP contribution in [0.5, 0.6) is 0 Å². The molecule has 130 valence electrons. The molecule has 5 nitrogen and oxygen atoms in total. The first kappa shape index (κ1) is 16.6. The smallest absolute Gasteiger partial charge is 0.283 e. The van der Waals surface area contributed by atoms with Gasteiger partial charge in [0.2, 0.25) is 0 Å². The van der Waals surface area contributed by atoms with Crippen LogP contribution in [-0.4, -0.2) is 26.4 Å². The highest BCUT2D eigenvalue weighted by Gasteiger charge is 2.31. The van der Waals surface area contributed by atoms with Crippen molar-refractivity contribution in [2.24, 2.45) is 4.99 Å². The number of hydrogen-bond donors (Lipinski definition) is 1. The molecule has 0 bridgehead atoms. The van der Waals surface area contributed by atoms with Crippen molar-refractivity contribution < 1.29 is 4.79 Å². The lowest BCUT2D eigenvalue weighted by Crippen LogP contribution is -2.35. The fourth-order valence-corrected chi connectivity index (χ4v) is 3.88. The summed E-state index contributed by atoms with van der Waals surface area (Å²) in [6.45, 7) is 4.88. The normalized spacial score (nSPS) is 17.8. The second kappa shape index (κ2) is 6.46. The molecule has 0 unspecified atom stereocenters. The number of carbonyl (C=O) groups excluding carboxylic acids is 1. The molecule has 1 N–H and O–H groups in total. The molecule has 4 rings (SSSR count). The van der Waals surface area contributed by atoms with Crippen molar-refractivity contribution in [3.63, 3.8) is 0 Å². The summed E-state index contributed by atoms with van der Waals surface area (Å²) in [5.41, 5.74) is 4.68. The first-order valence-electron chi connectivity index (χ1n) is 8.31. The Kier molecular flexibility index (Phi) is 4.12. The molecule has 1 aromatic heterocycles. The van der Waals surface area contributed by atoms with Gasteiger partial charge in [0.25, 0.3) is 5.91 Å². The molecular weight excluding hydrogens is 344 g/mol. The van der Waals surface area contributed by atoms with Crippen molar-refractivity contribution in [2.45, 2.75) is 20.4 Å². The molecule has 0 saturated heterocycles. The highest BCUT2D eigenvalue weighted by atomic mass is 32.2. The van der Waals surface area contributed by atoms with Crippen molar-refractivity contribution in [2.75, 3.05) is 0 Å². The van der Waals surface area contributed by atoms with Crippen molar-refractivity contribution in [1.82, 2.24) is 9.47 Å². The largest absolute Gasteiger partial charge is 0.344 e. The Morgan fingerprint density at radius 2 is 2.00 bits per heavy atom. The van der Waals surface area contributed by atoms with E-state index in [2.05, 4.69) is 34.7 Å². The molecule has 26 heavy (non-hydrogen) atoms. The molecule has 0 fully saturated rings. The van der Waals surface area contributed by atoms with E-state index in [1.54, 1.807) is 17.2 Å². The average molecular weight is 362 g/mol. The summed E-state index contributed by atoms with van der Waals surface area (Å²) >= 11 is 1.36. The van der Waals surface area contributed by atoms with E-state index < -0.39 is 0 Å². The molecule has 0 atom stereocenters. The van der Waals surface area contributed by atoms with Crippen LogP contribution in [0.3, 0.4) is 0 Å². The lowest BCUT2D eigenvalue weighted by molar-refractivity contribution is -0.114. The summed E-state index contributed by atoms with van der Waals surface area (Å²) in [4.78, 5) is 18.1. The van der Waals surface area contributed by atoms with Gasteiger partial charge < -0.3 is 4.57 Å². The van der Waals surface area contributed by atoms with E-state index in [9.17, 15) is 4.79 Å². The van der Waals surface area contributed by atoms with Gasteiger partial charge in [-0.2, -0.15) is 4.99 Å². The zero-order valence-electron chi connectivity index (χ0n) is 14.6. The molecule has 1 aromatic carbocycles. The zero-order valence-corrected chi connectivity index (χ0v) is 15.4. The SMILES string of the molecule is Cc1cc(/C=C2/C(=N)N3C=CSC3=NC2=O)c(C)n1Cc1ccccc1. The van der Waals surface area contributed by atoms with Crippen LogP contribution >= 0.6 is 11.8 Å². The van der Waals surface area contributed by atoms with Crippen LogP contribution in [0.1, 0.15) is 22.5 Å². The number of aryl methyl sites for hydroxylation is 1. The topological polar surface area (TPSA) is 61.5 Å². The van der Waals surface area contributed by atoms with Gasteiger partial charge in [0.05, 0.1) is 5.57 Å². The number of aliphatic imine (C=N–C) groups is 1. The number of hydrogen-bond acceptors (Lipinski definition) is 3. The minimum Gasteiger partial charge on any atom is -0.344 e. The number of amides is 1. The molecule has 2 aromatic rings. The Morgan fingerprint density at radius 3 is 2.77 bits per heavy atom. The maximum Gasteiger partial charge on any atom is 0.283 e. The molecular formula is C20H18N4OS. The van der Waals surface area contributed by atoms with Crippen LogP contribution in [0.25, 0.3) is 6.08 Å². The van der Waals surface area contributed by atoms with Crippen molar-refractivity contribution in [3.8, 4) is 0 Å². The van der Waals surface area contributed by atoms with E-state index in [-0.39, 0.29) is 11.7 Å².